The molecule has 2 saturated heterocycles. The van der Waals surface area contributed by atoms with E-state index in [2.05, 4.69) is 49.4 Å². The summed E-state index contributed by atoms with van der Waals surface area (Å²) in [7, 11) is -0.389. The van der Waals surface area contributed by atoms with Crippen molar-refractivity contribution < 1.29 is 27.6 Å². The van der Waals surface area contributed by atoms with E-state index in [0.717, 1.165) is 53.9 Å². The zero-order chi connectivity index (χ0) is 27.3. The summed E-state index contributed by atoms with van der Waals surface area (Å²) in [6.45, 7) is 11.4. The van der Waals surface area contributed by atoms with Crippen LogP contribution >= 0.6 is 0 Å². The molecular weight excluding hydrogens is 500 g/mol. The van der Waals surface area contributed by atoms with Gasteiger partial charge in [0.1, 0.15) is 5.69 Å². The van der Waals surface area contributed by atoms with Gasteiger partial charge < -0.3 is 24.2 Å². The van der Waals surface area contributed by atoms with Crippen LogP contribution < -0.4 is 15.3 Å². The Morgan fingerprint density at radius 2 is 1.45 bits per heavy atom. The molecule has 2 aliphatic heterocycles. The summed E-state index contributed by atoms with van der Waals surface area (Å²) >= 11 is 0. The van der Waals surface area contributed by atoms with Gasteiger partial charge in [0.15, 0.2) is 11.9 Å². The van der Waals surface area contributed by atoms with Crippen molar-refractivity contribution in [1.29, 1.82) is 0 Å². The lowest BCUT2D eigenvalue weighted by Crippen LogP contribution is -2.46. The quantitative estimate of drug-likeness (QED) is 0.504. The number of halogens is 3. The molecule has 1 aromatic carbocycles. The third-order valence-electron chi connectivity index (χ3n) is 7.50. The lowest BCUT2D eigenvalue weighted by Gasteiger charge is -2.37. The molecule has 202 valence electrons. The number of piperazine rings is 1. The highest BCUT2D eigenvalue weighted by atomic mass is 19.4. The molecule has 1 atom stereocenters. The fourth-order valence-electron chi connectivity index (χ4n) is 4.43. The molecule has 0 amide bonds. The molecule has 2 fully saturated rings. The van der Waals surface area contributed by atoms with Crippen LogP contribution in [0.15, 0.2) is 48.8 Å². The van der Waals surface area contributed by atoms with Crippen LogP contribution in [0.2, 0.25) is 0 Å². The van der Waals surface area contributed by atoms with Crippen molar-refractivity contribution in [3.8, 4) is 5.82 Å². The number of aliphatic hydroxyl groups excluding tert-OH is 1. The molecule has 4 heterocycles. The van der Waals surface area contributed by atoms with E-state index < -0.39 is 18.0 Å². The third kappa shape index (κ3) is 5.10. The summed E-state index contributed by atoms with van der Waals surface area (Å²) in [6.07, 6.45) is -4.81. The van der Waals surface area contributed by atoms with Crippen LogP contribution in [0.3, 0.4) is 0 Å². The Bertz CT molecular complexity index is 1240. The molecule has 1 N–H and O–H groups in total. The highest BCUT2D eigenvalue weighted by Gasteiger charge is 2.51. The van der Waals surface area contributed by atoms with Crippen molar-refractivity contribution in [3.63, 3.8) is 0 Å². The number of aromatic nitrogens is 4. The maximum Gasteiger partial charge on any atom is 0.494 e. The fraction of sp³-hybridized carbons (Fsp3) is 0.480. The first-order valence-corrected chi connectivity index (χ1v) is 12.4. The summed E-state index contributed by atoms with van der Waals surface area (Å²) in [5.74, 6) is 0.308. The summed E-state index contributed by atoms with van der Waals surface area (Å²) in [5.41, 5.74) is 1.68. The molecule has 0 saturated carbocycles. The highest BCUT2D eigenvalue weighted by molar-refractivity contribution is 6.62. The van der Waals surface area contributed by atoms with E-state index in [1.165, 1.54) is 0 Å². The first-order valence-electron chi connectivity index (χ1n) is 12.4. The van der Waals surface area contributed by atoms with Gasteiger partial charge in [-0.3, -0.25) is 0 Å². The number of benzene rings is 1. The number of nitrogens with zero attached hydrogens (tertiary/aromatic N) is 6. The SMILES string of the molecule is CC1(C)OB(c2ccc(N3CCN(c4ccc(-n5cc(C(O)C(F)(F)F)nn5)nc4)CC3)cc2)OC1(C)C. The summed E-state index contributed by atoms with van der Waals surface area (Å²) in [5, 5.41) is 16.4. The van der Waals surface area contributed by atoms with Crippen molar-refractivity contribution in [2.75, 3.05) is 36.0 Å². The van der Waals surface area contributed by atoms with E-state index in [1.807, 2.05) is 33.8 Å². The number of pyridine rings is 1. The number of hydrogen-bond acceptors (Lipinski definition) is 8. The van der Waals surface area contributed by atoms with Crippen LogP contribution in [0.5, 0.6) is 0 Å². The fourth-order valence-corrected chi connectivity index (χ4v) is 4.43. The van der Waals surface area contributed by atoms with Gasteiger partial charge in [0, 0.05) is 31.9 Å². The van der Waals surface area contributed by atoms with Gasteiger partial charge in [0.05, 0.1) is 29.3 Å². The average Bonchev–Trinajstić information content (AvgIpc) is 3.45. The molecule has 2 aromatic heterocycles. The van der Waals surface area contributed by atoms with Gasteiger partial charge in [-0.15, -0.1) is 5.10 Å². The van der Waals surface area contributed by atoms with E-state index in [9.17, 15) is 18.3 Å². The van der Waals surface area contributed by atoms with Gasteiger partial charge in [-0.2, -0.15) is 13.2 Å². The number of alkyl halides is 3. The molecule has 3 aromatic rings. The minimum atomic E-state index is -4.81. The second-order valence-electron chi connectivity index (χ2n) is 10.6. The van der Waals surface area contributed by atoms with Gasteiger partial charge in [0.2, 0.25) is 0 Å². The minimum absolute atomic E-state index is 0.308. The van der Waals surface area contributed by atoms with Crippen LogP contribution in [0.1, 0.15) is 39.5 Å². The molecule has 38 heavy (non-hydrogen) atoms. The van der Waals surface area contributed by atoms with Crippen molar-refractivity contribution in [2.24, 2.45) is 0 Å². The van der Waals surface area contributed by atoms with E-state index in [1.54, 1.807) is 12.3 Å². The summed E-state index contributed by atoms with van der Waals surface area (Å²) in [6, 6.07) is 11.8. The largest absolute Gasteiger partial charge is 0.494 e. The van der Waals surface area contributed by atoms with Crippen LogP contribution in [0.4, 0.5) is 24.5 Å². The Hall–Kier alpha value is -3.16. The van der Waals surface area contributed by atoms with Gasteiger partial charge in [-0.25, -0.2) is 9.67 Å². The summed E-state index contributed by atoms with van der Waals surface area (Å²) < 4.78 is 51.5. The Morgan fingerprint density at radius 3 is 1.97 bits per heavy atom. The molecular formula is C25H30BF3N6O3. The molecule has 0 radical (unpaired) electrons. The predicted octanol–water partition coefficient (Wildman–Crippen LogP) is 2.88. The van der Waals surface area contributed by atoms with E-state index >= 15 is 0 Å². The lowest BCUT2D eigenvalue weighted by molar-refractivity contribution is -0.208. The lowest BCUT2D eigenvalue weighted by atomic mass is 9.79. The van der Waals surface area contributed by atoms with Crippen LogP contribution in [-0.4, -0.2) is 75.8 Å². The second-order valence-corrected chi connectivity index (χ2v) is 10.6. The van der Waals surface area contributed by atoms with Gasteiger partial charge >= 0.3 is 13.3 Å². The zero-order valence-corrected chi connectivity index (χ0v) is 21.7. The van der Waals surface area contributed by atoms with Crippen molar-refractivity contribution in [2.45, 2.75) is 51.2 Å². The highest BCUT2D eigenvalue weighted by Crippen LogP contribution is 2.36. The molecule has 5 rings (SSSR count). The number of rotatable bonds is 5. The zero-order valence-electron chi connectivity index (χ0n) is 21.7. The predicted molar refractivity (Wildman–Crippen MR) is 137 cm³/mol. The smallest absolute Gasteiger partial charge is 0.399 e. The number of aliphatic hydroxyl groups is 1. The molecule has 0 spiro atoms. The third-order valence-corrected chi connectivity index (χ3v) is 7.50. The van der Waals surface area contributed by atoms with Gasteiger partial charge in [-0.1, -0.05) is 17.3 Å². The number of anilines is 2. The van der Waals surface area contributed by atoms with E-state index in [4.69, 9.17) is 9.31 Å². The Balaban J connectivity index is 1.18. The summed E-state index contributed by atoms with van der Waals surface area (Å²) in [4.78, 5) is 8.84. The van der Waals surface area contributed by atoms with Crippen molar-refractivity contribution in [1.82, 2.24) is 20.0 Å². The maximum absolute atomic E-state index is 12.7. The Kier molecular flexibility index (Phi) is 6.65. The van der Waals surface area contributed by atoms with Gasteiger partial charge in [-0.05, 0) is 57.4 Å². The normalized spacial score (nSPS) is 20.2. The Labute approximate surface area is 219 Å². The molecule has 13 heteroatoms. The topological polar surface area (TPSA) is 88.8 Å². The van der Waals surface area contributed by atoms with Crippen LogP contribution in [0, 0.1) is 0 Å². The van der Waals surface area contributed by atoms with Crippen LogP contribution in [-0.2, 0) is 9.31 Å². The van der Waals surface area contributed by atoms with E-state index in [-0.39, 0.29) is 18.3 Å². The van der Waals surface area contributed by atoms with Crippen LogP contribution in [0.25, 0.3) is 5.82 Å². The number of hydrogen-bond donors (Lipinski definition) is 1. The monoisotopic (exact) mass is 530 g/mol. The molecule has 0 bridgehead atoms. The second kappa shape index (κ2) is 9.55. The minimum Gasteiger partial charge on any atom is -0.399 e. The van der Waals surface area contributed by atoms with Crippen molar-refractivity contribution >= 4 is 24.0 Å². The first kappa shape index (κ1) is 26.5. The average molecular weight is 530 g/mol. The molecule has 2 aliphatic rings. The maximum atomic E-state index is 12.7. The van der Waals surface area contributed by atoms with E-state index in [0.29, 0.717) is 5.82 Å². The molecule has 9 nitrogen and oxygen atoms in total. The Morgan fingerprint density at radius 1 is 0.895 bits per heavy atom. The van der Waals surface area contributed by atoms with Gasteiger partial charge in [0.25, 0.3) is 0 Å². The molecule has 1 unspecified atom stereocenters. The molecule has 0 aliphatic carbocycles. The standard InChI is InChI=1S/C25H30BF3N6O3/c1-23(2)24(3,4)38-26(37-23)17-5-7-18(8-6-17)33-11-13-34(14-12-33)19-9-10-21(30-15-19)35-16-20(31-32-35)22(36)25(27,28)29/h5-10,15-16,22,36H,11-14H2,1-4H3. The first-order chi connectivity index (χ1) is 17.8. The van der Waals surface area contributed by atoms with Crippen molar-refractivity contribution in [3.05, 3.63) is 54.5 Å².